The molecule has 7 nitrogen and oxygen atoms in total. The zero-order valence-corrected chi connectivity index (χ0v) is 14.1. The van der Waals surface area contributed by atoms with Crippen LogP contribution in [0, 0.1) is 5.82 Å². The predicted molar refractivity (Wildman–Crippen MR) is 95.0 cm³/mol. The zero-order chi connectivity index (χ0) is 18.4. The minimum atomic E-state index is -0.376. The van der Waals surface area contributed by atoms with Crippen LogP contribution in [0.1, 0.15) is 12.0 Å². The van der Waals surface area contributed by atoms with Gasteiger partial charge in [-0.1, -0.05) is 6.07 Å². The molecular formula is C18H20FN5O2. The van der Waals surface area contributed by atoms with E-state index in [1.807, 2.05) is 12.1 Å². The summed E-state index contributed by atoms with van der Waals surface area (Å²) in [6.45, 7) is 1.42. The number of carbonyl (C=O) groups is 2. The van der Waals surface area contributed by atoms with E-state index in [4.69, 9.17) is 0 Å². The molecule has 4 amide bonds. The van der Waals surface area contributed by atoms with Crippen molar-refractivity contribution in [1.29, 1.82) is 0 Å². The van der Waals surface area contributed by atoms with E-state index < -0.39 is 0 Å². The van der Waals surface area contributed by atoms with E-state index in [-0.39, 0.29) is 23.9 Å². The van der Waals surface area contributed by atoms with Crippen molar-refractivity contribution in [2.75, 3.05) is 18.4 Å². The summed E-state index contributed by atoms with van der Waals surface area (Å²) >= 11 is 0. The van der Waals surface area contributed by atoms with Gasteiger partial charge in [0.1, 0.15) is 5.82 Å². The van der Waals surface area contributed by atoms with Crippen LogP contribution in [-0.2, 0) is 6.54 Å². The van der Waals surface area contributed by atoms with Gasteiger partial charge >= 0.3 is 12.1 Å². The molecule has 1 aliphatic rings. The molecule has 1 fully saturated rings. The van der Waals surface area contributed by atoms with Crippen molar-refractivity contribution in [3.63, 3.8) is 0 Å². The van der Waals surface area contributed by atoms with Crippen molar-refractivity contribution in [2.45, 2.75) is 19.0 Å². The first-order valence-electron chi connectivity index (χ1n) is 8.35. The van der Waals surface area contributed by atoms with Gasteiger partial charge in [-0.05, 0) is 42.3 Å². The molecule has 0 radical (unpaired) electrons. The summed E-state index contributed by atoms with van der Waals surface area (Å²) in [5.41, 5.74) is 1.43. The summed E-state index contributed by atoms with van der Waals surface area (Å²) in [4.78, 5) is 29.9. The van der Waals surface area contributed by atoms with Crippen molar-refractivity contribution in [3.05, 3.63) is 60.2 Å². The second-order valence-electron chi connectivity index (χ2n) is 6.06. The Morgan fingerprint density at radius 1 is 1.23 bits per heavy atom. The van der Waals surface area contributed by atoms with E-state index >= 15 is 0 Å². The maximum absolute atomic E-state index is 12.9. The van der Waals surface area contributed by atoms with Gasteiger partial charge in [0.15, 0.2) is 0 Å². The Hall–Kier alpha value is -3.16. The van der Waals surface area contributed by atoms with Crippen LogP contribution in [-0.4, -0.2) is 41.1 Å². The Bertz CT molecular complexity index is 754. The summed E-state index contributed by atoms with van der Waals surface area (Å²) in [5, 5.41) is 8.31. The first kappa shape index (κ1) is 17.7. The van der Waals surface area contributed by atoms with E-state index in [9.17, 15) is 14.0 Å². The second-order valence-corrected chi connectivity index (χ2v) is 6.06. The molecule has 0 aliphatic carbocycles. The summed E-state index contributed by atoms with van der Waals surface area (Å²) in [6.07, 6.45) is 4.06. The molecule has 1 saturated heterocycles. The number of hydrogen-bond donors (Lipinski definition) is 3. The lowest BCUT2D eigenvalue weighted by molar-refractivity contribution is 0.207. The number of rotatable bonds is 4. The highest BCUT2D eigenvalue weighted by Crippen LogP contribution is 2.11. The van der Waals surface area contributed by atoms with E-state index in [0.29, 0.717) is 31.7 Å². The number of urea groups is 2. The highest BCUT2D eigenvalue weighted by atomic mass is 19.1. The van der Waals surface area contributed by atoms with Crippen molar-refractivity contribution in [1.82, 2.24) is 20.5 Å². The molecule has 0 spiro atoms. The van der Waals surface area contributed by atoms with Gasteiger partial charge < -0.3 is 20.9 Å². The summed E-state index contributed by atoms with van der Waals surface area (Å²) in [7, 11) is 0. The molecule has 0 saturated carbocycles. The van der Waals surface area contributed by atoms with Gasteiger partial charge in [0.05, 0.1) is 0 Å². The second kappa shape index (κ2) is 8.28. The van der Waals surface area contributed by atoms with Crippen LogP contribution in [0.2, 0.25) is 0 Å². The van der Waals surface area contributed by atoms with Gasteiger partial charge in [-0.25, -0.2) is 14.0 Å². The largest absolute Gasteiger partial charge is 0.334 e. The van der Waals surface area contributed by atoms with Gasteiger partial charge in [0.25, 0.3) is 0 Å². The van der Waals surface area contributed by atoms with Crippen LogP contribution < -0.4 is 16.0 Å². The minimum Gasteiger partial charge on any atom is -0.334 e. The minimum absolute atomic E-state index is 0.125. The average Bonchev–Trinajstić information content (AvgIpc) is 3.11. The maximum Gasteiger partial charge on any atom is 0.319 e. The van der Waals surface area contributed by atoms with Crippen LogP contribution in [0.15, 0.2) is 48.8 Å². The quantitative estimate of drug-likeness (QED) is 0.785. The Labute approximate surface area is 150 Å². The molecule has 0 unspecified atom stereocenters. The highest BCUT2D eigenvalue weighted by molar-refractivity contribution is 5.89. The molecule has 1 aromatic heterocycles. The summed E-state index contributed by atoms with van der Waals surface area (Å²) in [5.74, 6) is -0.361. The number of nitrogens with zero attached hydrogens (tertiary/aromatic N) is 2. The molecule has 136 valence electrons. The molecule has 1 atom stereocenters. The number of carbonyl (C=O) groups excluding carboxylic acids is 2. The molecule has 2 aromatic rings. The van der Waals surface area contributed by atoms with Crippen LogP contribution >= 0.6 is 0 Å². The molecule has 1 aliphatic heterocycles. The van der Waals surface area contributed by atoms with Crippen molar-refractivity contribution in [3.8, 4) is 0 Å². The number of amides is 4. The average molecular weight is 357 g/mol. The fourth-order valence-corrected chi connectivity index (χ4v) is 2.74. The molecule has 3 rings (SSSR count). The topological polar surface area (TPSA) is 86.4 Å². The van der Waals surface area contributed by atoms with Crippen molar-refractivity contribution in [2.24, 2.45) is 0 Å². The molecule has 3 N–H and O–H groups in total. The van der Waals surface area contributed by atoms with Gasteiger partial charge in [0.2, 0.25) is 0 Å². The number of benzene rings is 1. The Morgan fingerprint density at radius 2 is 2.04 bits per heavy atom. The zero-order valence-electron chi connectivity index (χ0n) is 14.1. The van der Waals surface area contributed by atoms with Crippen LogP contribution in [0.5, 0.6) is 0 Å². The normalized spacial score (nSPS) is 16.2. The van der Waals surface area contributed by atoms with Gasteiger partial charge in [-0.3, -0.25) is 4.98 Å². The molecule has 26 heavy (non-hydrogen) atoms. The van der Waals surface area contributed by atoms with E-state index in [1.54, 1.807) is 17.3 Å². The number of hydrogen-bond acceptors (Lipinski definition) is 3. The van der Waals surface area contributed by atoms with Crippen LogP contribution in [0.4, 0.5) is 19.7 Å². The monoisotopic (exact) mass is 357 g/mol. The number of anilines is 1. The van der Waals surface area contributed by atoms with Crippen molar-refractivity contribution >= 4 is 17.7 Å². The Morgan fingerprint density at radius 3 is 2.77 bits per heavy atom. The molecular weight excluding hydrogens is 337 g/mol. The third-order valence-corrected chi connectivity index (χ3v) is 4.08. The van der Waals surface area contributed by atoms with Crippen LogP contribution in [0.25, 0.3) is 0 Å². The fourth-order valence-electron chi connectivity index (χ4n) is 2.74. The lowest BCUT2D eigenvalue weighted by Gasteiger charge is -2.18. The summed E-state index contributed by atoms with van der Waals surface area (Å²) in [6, 6.07) is 8.57. The Kier molecular flexibility index (Phi) is 5.62. The first-order chi connectivity index (χ1) is 12.6. The number of likely N-dealkylation sites (tertiary alicyclic amines) is 1. The van der Waals surface area contributed by atoms with E-state index in [0.717, 1.165) is 5.56 Å². The van der Waals surface area contributed by atoms with Gasteiger partial charge in [0, 0.05) is 43.8 Å². The molecule has 1 aromatic carbocycles. The number of pyridine rings is 1. The molecule has 8 heteroatoms. The standard InChI is InChI=1S/C18H20FN5O2/c19-14-3-5-15(6-4-14)22-17(25)23-16-7-9-24(12-16)18(26)21-11-13-2-1-8-20-10-13/h1-6,8,10,16H,7,9,11-12H2,(H,21,26)(H2,22,23,25)/t16-/m1/s1. The number of nitrogens with one attached hydrogen (secondary N) is 3. The highest BCUT2D eigenvalue weighted by Gasteiger charge is 2.27. The lowest BCUT2D eigenvalue weighted by atomic mass is 10.3. The number of halogens is 1. The third-order valence-electron chi connectivity index (χ3n) is 4.08. The lowest BCUT2D eigenvalue weighted by Crippen LogP contribution is -2.43. The first-order valence-corrected chi connectivity index (χ1v) is 8.35. The smallest absolute Gasteiger partial charge is 0.319 e. The fraction of sp³-hybridized carbons (Fsp3) is 0.278. The van der Waals surface area contributed by atoms with Gasteiger partial charge in [-0.2, -0.15) is 0 Å². The van der Waals surface area contributed by atoms with Gasteiger partial charge in [-0.15, -0.1) is 0 Å². The Balaban J connectivity index is 1.42. The van der Waals surface area contributed by atoms with E-state index in [1.165, 1.54) is 24.3 Å². The predicted octanol–water partition coefficient (Wildman–Crippen LogP) is 2.33. The maximum atomic E-state index is 12.9. The van der Waals surface area contributed by atoms with Crippen LogP contribution in [0.3, 0.4) is 0 Å². The number of aromatic nitrogens is 1. The molecule has 0 bridgehead atoms. The SMILES string of the molecule is O=C(Nc1ccc(F)cc1)N[C@@H]1CCN(C(=O)NCc2cccnc2)C1. The van der Waals surface area contributed by atoms with Crippen molar-refractivity contribution < 1.29 is 14.0 Å². The van der Waals surface area contributed by atoms with E-state index in [2.05, 4.69) is 20.9 Å². The molecule has 2 heterocycles. The summed E-state index contributed by atoms with van der Waals surface area (Å²) < 4.78 is 12.9. The third kappa shape index (κ3) is 4.92.